The van der Waals surface area contributed by atoms with Crippen LogP contribution in [0.2, 0.25) is 0 Å². The molecule has 0 saturated heterocycles. The van der Waals surface area contributed by atoms with E-state index in [2.05, 4.69) is 46.3 Å². The van der Waals surface area contributed by atoms with Crippen LogP contribution >= 0.6 is 27.7 Å². The van der Waals surface area contributed by atoms with Crippen LogP contribution in [0.25, 0.3) is 0 Å². The van der Waals surface area contributed by atoms with Gasteiger partial charge in [-0.05, 0) is 29.8 Å². The van der Waals surface area contributed by atoms with Crippen molar-refractivity contribution in [1.82, 2.24) is 0 Å². The Morgan fingerprint density at radius 2 is 1.84 bits per heavy atom. The highest BCUT2D eigenvalue weighted by Crippen LogP contribution is 2.31. The molecule has 2 rings (SSSR count). The zero-order valence-corrected chi connectivity index (χ0v) is 13.0. The van der Waals surface area contributed by atoms with Gasteiger partial charge in [0.2, 0.25) is 0 Å². The van der Waals surface area contributed by atoms with Gasteiger partial charge < -0.3 is 9.47 Å². The van der Waals surface area contributed by atoms with Crippen LogP contribution in [-0.4, -0.2) is 13.9 Å². The molecule has 0 bridgehead atoms. The summed E-state index contributed by atoms with van der Waals surface area (Å²) >= 11 is 5.32. The van der Waals surface area contributed by atoms with Gasteiger partial charge in [-0.2, -0.15) is 0 Å². The van der Waals surface area contributed by atoms with Crippen LogP contribution in [0, 0.1) is 0 Å². The first-order valence-electron chi connectivity index (χ1n) is 5.87. The number of rotatable bonds is 6. The third kappa shape index (κ3) is 4.66. The van der Waals surface area contributed by atoms with Crippen LogP contribution in [0.5, 0.6) is 0 Å². The molecule has 0 radical (unpaired) electrons. The first-order chi connectivity index (χ1) is 9.29. The van der Waals surface area contributed by atoms with Gasteiger partial charge in [-0.25, -0.2) is 0 Å². The van der Waals surface area contributed by atoms with Crippen molar-refractivity contribution in [3.8, 4) is 0 Å². The maximum atomic E-state index is 5.35. The molecule has 0 N–H and O–H groups in total. The smallest absolute Gasteiger partial charge is 0.146 e. The Morgan fingerprint density at radius 1 is 1.05 bits per heavy atom. The molecular weight excluding hydrogens is 324 g/mol. The lowest BCUT2D eigenvalue weighted by atomic mass is 10.2. The molecule has 0 atom stereocenters. The summed E-state index contributed by atoms with van der Waals surface area (Å²) in [5.41, 5.74) is 1.12. The summed E-state index contributed by atoms with van der Waals surface area (Å²) in [6.45, 7) is 0.859. The fourth-order valence-corrected chi connectivity index (χ4v) is 3.09. The Bertz CT molecular complexity index is 517. The standard InChI is InChI=1S/C15H15BrO2S/c1-17-11-18-10-12-7-8-14(9-15(12)16)19-13-5-3-2-4-6-13/h2-9H,10-11H2,1H3. The van der Waals surface area contributed by atoms with Crippen molar-refractivity contribution in [2.75, 3.05) is 13.9 Å². The average Bonchev–Trinajstić information content (AvgIpc) is 2.43. The fourth-order valence-electron chi connectivity index (χ4n) is 1.57. The van der Waals surface area contributed by atoms with Gasteiger partial charge in [0, 0.05) is 21.4 Å². The fraction of sp³-hybridized carbons (Fsp3) is 0.200. The summed E-state index contributed by atoms with van der Waals surface area (Å²) in [5, 5.41) is 0. The number of hydrogen-bond acceptors (Lipinski definition) is 3. The van der Waals surface area contributed by atoms with E-state index < -0.39 is 0 Å². The number of hydrogen-bond donors (Lipinski definition) is 0. The molecule has 0 aliphatic rings. The van der Waals surface area contributed by atoms with Crippen LogP contribution in [0.1, 0.15) is 5.56 Å². The molecule has 0 spiro atoms. The van der Waals surface area contributed by atoms with E-state index >= 15 is 0 Å². The number of ether oxygens (including phenoxy) is 2. The Hall–Kier alpha value is -0.810. The van der Waals surface area contributed by atoms with E-state index in [1.807, 2.05) is 18.2 Å². The van der Waals surface area contributed by atoms with Crippen LogP contribution in [0.4, 0.5) is 0 Å². The van der Waals surface area contributed by atoms with E-state index in [9.17, 15) is 0 Å². The summed E-state index contributed by atoms with van der Waals surface area (Å²) in [5.74, 6) is 0. The van der Waals surface area contributed by atoms with Crippen LogP contribution in [0.15, 0.2) is 62.8 Å². The van der Waals surface area contributed by atoms with Gasteiger partial charge in [-0.1, -0.05) is 52.0 Å². The van der Waals surface area contributed by atoms with E-state index in [0.717, 1.165) is 10.0 Å². The maximum Gasteiger partial charge on any atom is 0.146 e. The summed E-state index contributed by atoms with van der Waals surface area (Å²) in [4.78, 5) is 2.44. The molecule has 100 valence electrons. The molecule has 0 heterocycles. The normalized spacial score (nSPS) is 10.6. The molecule has 0 unspecified atom stereocenters. The monoisotopic (exact) mass is 338 g/mol. The first-order valence-corrected chi connectivity index (χ1v) is 7.48. The molecule has 0 fully saturated rings. The highest BCUT2D eigenvalue weighted by molar-refractivity contribution is 9.10. The van der Waals surface area contributed by atoms with Gasteiger partial charge in [-0.15, -0.1) is 0 Å². The lowest BCUT2D eigenvalue weighted by Gasteiger charge is -2.08. The van der Waals surface area contributed by atoms with Crippen LogP contribution in [0.3, 0.4) is 0 Å². The molecule has 0 aliphatic heterocycles. The Balaban J connectivity index is 2.02. The number of methoxy groups -OCH3 is 1. The molecule has 2 aromatic carbocycles. The van der Waals surface area contributed by atoms with Crippen molar-refractivity contribution in [1.29, 1.82) is 0 Å². The van der Waals surface area contributed by atoms with Crippen LogP contribution < -0.4 is 0 Å². The number of halogens is 1. The van der Waals surface area contributed by atoms with Gasteiger partial charge in [0.25, 0.3) is 0 Å². The topological polar surface area (TPSA) is 18.5 Å². The summed E-state index contributed by atoms with van der Waals surface area (Å²) in [6.07, 6.45) is 0. The second-order valence-corrected chi connectivity index (χ2v) is 5.92. The van der Waals surface area contributed by atoms with Crippen molar-refractivity contribution in [3.63, 3.8) is 0 Å². The quantitative estimate of drug-likeness (QED) is 0.560. The van der Waals surface area contributed by atoms with Gasteiger partial charge in [-0.3, -0.25) is 0 Å². The van der Waals surface area contributed by atoms with Gasteiger partial charge in [0.05, 0.1) is 6.61 Å². The van der Waals surface area contributed by atoms with E-state index in [1.54, 1.807) is 18.9 Å². The lowest BCUT2D eigenvalue weighted by Crippen LogP contribution is -1.97. The highest BCUT2D eigenvalue weighted by Gasteiger charge is 2.03. The van der Waals surface area contributed by atoms with Crippen molar-refractivity contribution in [3.05, 3.63) is 58.6 Å². The second kappa shape index (κ2) is 7.70. The molecule has 0 aliphatic carbocycles. The highest BCUT2D eigenvalue weighted by atomic mass is 79.9. The minimum atomic E-state index is 0.312. The largest absolute Gasteiger partial charge is 0.359 e. The predicted molar refractivity (Wildman–Crippen MR) is 81.4 cm³/mol. The third-order valence-electron chi connectivity index (χ3n) is 2.46. The molecule has 0 aromatic heterocycles. The Kier molecular flexibility index (Phi) is 5.92. The van der Waals surface area contributed by atoms with E-state index in [4.69, 9.17) is 9.47 Å². The van der Waals surface area contributed by atoms with Gasteiger partial charge in [0.1, 0.15) is 6.79 Å². The summed E-state index contributed by atoms with van der Waals surface area (Å²) in [6, 6.07) is 16.6. The first kappa shape index (κ1) is 14.6. The molecule has 0 amide bonds. The molecule has 2 aromatic rings. The molecule has 4 heteroatoms. The zero-order valence-electron chi connectivity index (χ0n) is 10.6. The predicted octanol–water partition coefficient (Wildman–Crippen LogP) is 4.72. The third-order valence-corrected chi connectivity index (χ3v) is 4.20. The number of benzene rings is 2. The van der Waals surface area contributed by atoms with E-state index in [1.165, 1.54) is 9.79 Å². The van der Waals surface area contributed by atoms with Crippen molar-refractivity contribution < 1.29 is 9.47 Å². The molecular formula is C15H15BrO2S. The van der Waals surface area contributed by atoms with E-state index in [0.29, 0.717) is 13.4 Å². The van der Waals surface area contributed by atoms with Crippen LogP contribution in [-0.2, 0) is 16.1 Å². The molecule has 19 heavy (non-hydrogen) atoms. The molecule has 2 nitrogen and oxygen atoms in total. The lowest BCUT2D eigenvalue weighted by molar-refractivity contribution is -0.0392. The van der Waals surface area contributed by atoms with Crippen molar-refractivity contribution in [2.45, 2.75) is 16.4 Å². The average molecular weight is 339 g/mol. The minimum absolute atomic E-state index is 0.312. The molecule has 0 saturated carbocycles. The Labute approximate surface area is 126 Å². The summed E-state index contributed by atoms with van der Waals surface area (Å²) in [7, 11) is 1.62. The van der Waals surface area contributed by atoms with Crippen molar-refractivity contribution in [2.24, 2.45) is 0 Å². The minimum Gasteiger partial charge on any atom is -0.359 e. The Morgan fingerprint density at radius 3 is 2.53 bits per heavy atom. The zero-order chi connectivity index (χ0) is 13.5. The van der Waals surface area contributed by atoms with Gasteiger partial charge >= 0.3 is 0 Å². The SMILES string of the molecule is COCOCc1ccc(Sc2ccccc2)cc1Br. The van der Waals surface area contributed by atoms with Gasteiger partial charge in [0.15, 0.2) is 0 Å². The van der Waals surface area contributed by atoms with Crippen molar-refractivity contribution >= 4 is 27.7 Å². The second-order valence-electron chi connectivity index (χ2n) is 3.92. The summed E-state index contributed by atoms with van der Waals surface area (Å²) < 4.78 is 11.3. The maximum absolute atomic E-state index is 5.35. The van der Waals surface area contributed by atoms with E-state index in [-0.39, 0.29) is 0 Å².